The number of hydrogen-bond acceptors (Lipinski definition) is 4. The molecule has 2 aromatic rings. The average molecular weight is 279 g/mol. The molecule has 1 atom stereocenters. The van der Waals surface area contributed by atoms with E-state index < -0.39 is 4.92 Å². The van der Waals surface area contributed by atoms with Crippen molar-refractivity contribution in [3.05, 3.63) is 39.9 Å². The molecule has 0 saturated carbocycles. The molecule has 5 nitrogen and oxygen atoms in total. The molecule has 2 N–H and O–H groups in total. The van der Waals surface area contributed by atoms with Crippen molar-refractivity contribution in [3.8, 4) is 5.75 Å². The number of phenols is 1. The van der Waals surface area contributed by atoms with Gasteiger partial charge in [0.15, 0.2) is 0 Å². The monoisotopic (exact) mass is 278 g/mol. The summed E-state index contributed by atoms with van der Waals surface area (Å²) in [7, 11) is 0. The Kier molecular flexibility index (Phi) is 2.71. The van der Waals surface area contributed by atoms with E-state index in [1.165, 1.54) is 6.07 Å². The highest BCUT2D eigenvalue weighted by Crippen LogP contribution is 2.45. The first-order chi connectivity index (χ1) is 9.13. The van der Waals surface area contributed by atoms with Crippen molar-refractivity contribution >= 4 is 33.7 Å². The van der Waals surface area contributed by atoms with E-state index in [4.69, 9.17) is 11.6 Å². The van der Waals surface area contributed by atoms with Crippen LogP contribution in [0.1, 0.15) is 11.5 Å². The van der Waals surface area contributed by atoms with Crippen molar-refractivity contribution in [2.75, 3.05) is 17.7 Å². The van der Waals surface area contributed by atoms with Gasteiger partial charge in [0, 0.05) is 41.5 Å². The van der Waals surface area contributed by atoms with Crippen LogP contribution in [0.15, 0.2) is 24.3 Å². The Labute approximate surface area is 114 Å². The molecule has 2 aromatic carbocycles. The van der Waals surface area contributed by atoms with Crippen LogP contribution in [0.3, 0.4) is 0 Å². The van der Waals surface area contributed by atoms with E-state index in [1.807, 2.05) is 0 Å². The highest BCUT2D eigenvalue weighted by molar-refractivity contribution is 6.19. The molecule has 0 amide bonds. The first-order valence-electron chi connectivity index (χ1n) is 5.86. The third-order valence-corrected chi connectivity index (χ3v) is 3.86. The molecule has 0 aromatic heterocycles. The Bertz CT molecular complexity index is 687. The fourth-order valence-electron chi connectivity index (χ4n) is 2.65. The summed E-state index contributed by atoms with van der Waals surface area (Å²) in [5.74, 6) is 0.437. The molecule has 98 valence electrons. The molecule has 1 aliphatic heterocycles. The third-order valence-electron chi connectivity index (χ3n) is 3.49. The molecule has 0 bridgehead atoms. The van der Waals surface area contributed by atoms with Crippen molar-refractivity contribution < 1.29 is 10.0 Å². The minimum atomic E-state index is -0.425. The average Bonchev–Trinajstić information content (AvgIpc) is 2.81. The van der Waals surface area contributed by atoms with Gasteiger partial charge in [0.2, 0.25) is 0 Å². The number of hydrogen-bond donors (Lipinski definition) is 2. The van der Waals surface area contributed by atoms with E-state index in [0.29, 0.717) is 23.2 Å². The van der Waals surface area contributed by atoms with Gasteiger partial charge in [-0.2, -0.15) is 0 Å². The van der Waals surface area contributed by atoms with Crippen molar-refractivity contribution in [1.29, 1.82) is 0 Å². The second-order valence-electron chi connectivity index (χ2n) is 4.55. The smallest absolute Gasteiger partial charge is 0.277 e. The van der Waals surface area contributed by atoms with Gasteiger partial charge in [0.25, 0.3) is 5.69 Å². The molecule has 3 rings (SSSR count). The number of aromatic hydroxyl groups is 1. The predicted molar refractivity (Wildman–Crippen MR) is 74.2 cm³/mol. The number of benzene rings is 2. The van der Waals surface area contributed by atoms with Crippen LogP contribution in [0, 0.1) is 10.1 Å². The van der Waals surface area contributed by atoms with Gasteiger partial charge in [-0.1, -0.05) is 12.1 Å². The summed E-state index contributed by atoms with van der Waals surface area (Å²) < 4.78 is 0. The number of non-ortho nitro benzene ring substituents is 1. The Hall–Kier alpha value is -2.01. The number of nitrogens with one attached hydrogen (secondary N) is 1. The van der Waals surface area contributed by atoms with Crippen molar-refractivity contribution in [2.24, 2.45) is 0 Å². The van der Waals surface area contributed by atoms with Crippen LogP contribution in [0.2, 0.25) is 0 Å². The van der Waals surface area contributed by atoms with Gasteiger partial charge >= 0.3 is 0 Å². The Morgan fingerprint density at radius 3 is 3.00 bits per heavy atom. The molecule has 0 spiro atoms. The number of nitro benzene ring substituents is 1. The maximum Gasteiger partial charge on any atom is 0.277 e. The van der Waals surface area contributed by atoms with Crippen molar-refractivity contribution in [3.63, 3.8) is 0 Å². The minimum absolute atomic E-state index is 0.00321. The van der Waals surface area contributed by atoms with Gasteiger partial charge in [-0.3, -0.25) is 10.1 Å². The Balaban J connectivity index is 2.45. The summed E-state index contributed by atoms with van der Waals surface area (Å²) in [5, 5.41) is 25.3. The highest BCUT2D eigenvalue weighted by atomic mass is 35.5. The predicted octanol–water partition coefficient (Wildman–Crippen LogP) is 3.20. The molecule has 19 heavy (non-hydrogen) atoms. The van der Waals surface area contributed by atoms with Gasteiger partial charge in [-0.15, -0.1) is 11.6 Å². The molecule has 0 aliphatic carbocycles. The number of rotatable bonds is 2. The van der Waals surface area contributed by atoms with Crippen LogP contribution in [0.5, 0.6) is 5.75 Å². The van der Waals surface area contributed by atoms with E-state index in [2.05, 4.69) is 5.32 Å². The molecule has 0 radical (unpaired) electrons. The topological polar surface area (TPSA) is 75.4 Å². The largest absolute Gasteiger partial charge is 0.507 e. The zero-order chi connectivity index (χ0) is 13.6. The standard InChI is InChI=1S/C13H11ClN2O3/c14-5-7-6-15-9-4-11(17)8-2-1-3-10(16(18)19)13(8)12(7)9/h1-4,7,15,17H,5-6H2/t7-/m1/s1. The lowest BCUT2D eigenvalue weighted by atomic mass is 9.94. The number of anilines is 1. The number of halogens is 1. The van der Waals surface area contributed by atoms with Gasteiger partial charge in [-0.05, 0) is 5.56 Å². The van der Waals surface area contributed by atoms with Crippen LogP contribution >= 0.6 is 11.6 Å². The van der Waals surface area contributed by atoms with Crippen LogP contribution < -0.4 is 5.32 Å². The first-order valence-corrected chi connectivity index (χ1v) is 6.39. The number of nitrogens with zero attached hydrogens (tertiary/aromatic N) is 1. The zero-order valence-electron chi connectivity index (χ0n) is 9.89. The maximum absolute atomic E-state index is 11.2. The fraction of sp³-hybridized carbons (Fsp3) is 0.231. The lowest BCUT2D eigenvalue weighted by Crippen LogP contribution is -2.03. The Morgan fingerprint density at radius 1 is 1.53 bits per heavy atom. The zero-order valence-corrected chi connectivity index (χ0v) is 10.6. The summed E-state index contributed by atoms with van der Waals surface area (Å²) in [4.78, 5) is 10.8. The van der Waals surface area contributed by atoms with Crippen LogP contribution in [0.4, 0.5) is 11.4 Å². The van der Waals surface area contributed by atoms with E-state index in [9.17, 15) is 15.2 Å². The van der Waals surface area contributed by atoms with E-state index in [-0.39, 0.29) is 17.4 Å². The minimum Gasteiger partial charge on any atom is -0.507 e. The van der Waals surface area contributed by atoms with Crippen molar-refractivity contribution in [2.45, 2.75) is 5.92 Å². The van der Waals surface area contributed by atoms with Gasteiger partial charge in [0.05, 0.1) is 10.3 Å². The van der Waals surface area contributed by atoms with Crippen LogP contribution in [0.25, 0.3) is 10.8 Å². The molecule has 1 heterocycles. The molecule has 6 heteroatoms. The lowest BCUT2D eigenvalue weighted by Gasteiger charge is -2.11. The van der Waals surface area contributed by atoms with Crippen molar-refractivity contribution in [1.82, 2.24) is 0 Å². The summed E-state index contributed by atoms with van der Waals surface area (Å²) in [6.45, 7) is 0.628. The van der Waals surface area contributed by atoms with E-state index in [1.54, 1.807) is 18.2 Å². The molecule has 1 aliphatic rings. The summed E-state index contributed by atoms with van der Waals surface area (Å²) in [6.07, 6.45) is 0. The molecule has 0 unspecified atom stereocenters. The summed E-state index contributed by atoms with van der Waals surface area (Å²) >= 11 is 5.94. The second kappa shape index (κ2) is 4.28. The summed E-state index contributed by atoms with van der Waals surface area (Å²) in [5.41, 5.74) is 1.56. The SMILES string of the molecule is O=[N+]([O-])c1cccc2c(O)cc3c(c12)[C@H](CCl)CN3. The number of phenolic OH excluding ortho intramolecular Hbond substituents is 1. The normalized spacial score (nSPS) is 17.2. The number of nitro groups is 1. The Morgan fingerprint density at radius 2 is 2.32 bits per heavy atom. The second-order valence-corrected chi connectivity index (χ2v) is 4.85. The van der Waals surface area contributed by atoms with Crippen LogP contribution in [-0.4, -0.2) is 22.5 Å². The van der Waals surface area contributed by atoms with Gasteiger partial charge < -0.3 is 10.4 Å². The maximum atomic E-state index is 11.2. The molecular formula is C13H11ClN2O3. The van der Waals surface area contributed by atoms with Crippen LogP contribution in [-0.2, 0) is 0 Å². The highest BCUT2D eigenvalue weighted by Gasteiger charge is 2.29. The molecule has 0 saturated heterocycles. The fourth-order valence-corrected chi connectivity index (χ4v) is 2.92. The van der Waals surface area contributed by atoms with E-state index in [0.717, 1.165) is 11.3 Å². The number of fused-ring (bicyclic) bond motifs is 3. The lowest BCUT2D eigenvalue weighted by molar-refractivity contribution is -0.383. The molecular weight excluding hydrogens is 268 g/mol. The van der Waals surface area contributed by atoms with E-state index >= 15 is 0 Å². The van der Waals surface area contributed by atoms with Gasteiger partial charge in [-0.25, -0.2) is 0 Å². The number of alkyl halides is 1. The summed E-state index contributed by atoms with van der Waals surface area (Å²) in [6, 6.07) is 6.31. The molecule has 0 fully saturated rings. The quantitative estimate of drug-likeness (QED) is 0.502. The van der Waals surface area contributed by atoms with Gasteiger partial charge in [0.1, 0.15) is 5.75 Å². The first kappa shape index (κ1) is 12.0. The third kappa shape index (κ3) is 1.69.